The summed E-state index contributed by atoms with van der Waals surface area (Å²) in [5, 5.41) is 0. The number of fused-ring (bicyclic) bond motifs is 1. The van der Waals surface area contributed by atoms with Crippen molar-refractivity contribution in [1.82, 2.24) is 14.5 Å². The van der Waals surface area contributed by atoms with E-state index in [-0.39, 0.29) is 11.8 Å². The van der Waals surface area contributed by atoms with E-state index in [1.54, 1.807) is 6.07 Å². The molecule has 5 nitrogen and oxygen atoms in total. The minimum Gasteiger partial charge on any atom is -0.494 e. The van der Waals surface area contributed by atoms with Gasteiger partial charge in [-0.25, -0.2) is 9.37 Å². The fourth-order valence-corrected chi connectivity index (χ4v) is 2.35. The number of nitrogens with two attached hydrogens (primary N) is 1. The first-order chi connectivity index (χ1) is 8.93. The van der Waals surface area contributed by atoms with Crippen LogP contribution in [0.3, 0.4) is 0 Å². The van der Waals surface area contributed by atoms with Gasteiger partial charge in [-0.3, -0.25) is 0 Å². The molecule has 0 saturated heterocycles. The van der Waals surface area contributed by atoms with Crippen molar-refractivity contribution in [3.05, 3.63) is 17.9 Å². The molecule has 6 heteroatoms. The highest BCUT2D eigenvalue weighted by Gasteiger charge is 2.17. The number of anilines is 1. The normalized spacial score (nSPS) is 13.2. The molecule has 0 saturated carbocycles. The van der Waals surface area contributed by atoms with Crippen molar-refractivity contribution < 1.29 is 9.13 Å². The topological polar surface area (TPSA) is 56.3 Å². The SMILES string of the molecule is COc1cc2c(cc1F)nc(N)n2C(C)CN(C)C. The average Bonchev–Trinajstić information content (AvgIpc) is 2.61. The third-order valence-corrected chi connectivity index (χ3v) is 3.06. The highest BCUT2D eigenvalue weighted by molar-refractivity contribution is 5.80. The van der Waals surface area contributed by atoms with Gasteiger partial charge in [-0.05, 0) is 21.0 Å². The molecule has 0 aliphatic carbocycles. The lowest BCUT2D eigenvalue weighted by Crippen LogP contribution is -2.23. The monoisotopic (exact) mass is 266 g/mol. The zero-order valence-corrected chi connectivity index (χ0v) is 11.6. The first-order valence-corrected chi connectivity index (χ1v) is 6.09. The highest BCUT2D eigenvalue weighted by Crippen LogP contribution is 2.28. The van der Waals surface area contributed by atoms with Crippen LogP contribution in [0.2, 0.25) is 0 Å². The van der Waals surface area contributed by atoms with Crippen molar-refractivity contribution in [2.45, 2.75) is 13.0 Å². The van der Waals surface area contributed by atoms with Gasteiger partial charge in [0.25, 0.3) is 0 Å². The van der Waals surface area contributed by atoms with E-state index >= 15 is 0 Å². The van der Waals surface area contributed by atoms with E-state index in [9.17, 15) is 4.39 Å². The van der Waals surface area contributed by atoms with Crippen molar-refractivity contribution in [1.29, 1.82) is 0 Å². The van der Waals surface area contributed by atoms with Gasteiger partial charge in [0.2, 0.25) is 5.95 Å². The molecule has 1 aromatic heterocycles. The standard InChI is InChI=1S/C13H19FN4O/c1-8(7-17(2)3)18-11-6-12(19-4)9(14)5-10(11)16-13(18)15/h5-6,8H,7H2,1-4H3,(H2,15,16). The maximum absolute atomic E-state index is 13.6. The third kappa shape index (κ3) is 2.49. The summed E-state index contributed by atoms with van der Waals surface area (Å²) < 4.78 is 20.6. The molecule has 0 spiro atoms. The van der Waals surface area contributed by atoms with E-state index in [1.165, 1.54) is 13.2 Å². The minimum atomic E-state index is -0.431. The molecule has 104 valence electrons. The van der Waals surface area contributed by atoms with Crippen molar-refractivity contribution >= 4 is 17.0 Å². The maximum atomic E-state index is 13.6. The van der Waals surface area contributed by atoms with E-state index in [2.05, 4.69) is 9.88 Å². The molecular formula is C13H19FN4O. The number of halogens is 1. The summed E-state index contributed by atoms with van der Waals surface area (Å²) in [6.07, 6.45) is 0. The molecule has 1 unspecified atom stereocenters. The van der Waals surface area contributed by atoms with Crippen molar-refractivity contribution in [2.24, 2.45) is 0 Å². The number of nitrogen functional groups attached to an aromatic ring is 1. The molecule has 0 bridgehead atoms. The Bertz CT molecular complexity index is 594. The summed E-state index contributed by atoms with van der Waals surface area (Å²) >= 11 is 0. The lowest BCUT2D eigenvalue weighted by atomic mass is 10.2. The molecule has 0 aliphatic rings. The van der Waals surface area contributed by atoms with Gasteiger partial charge in [0.05, 0.1) is 18.1 Å². The first kappa shape index (κ1) is 13.6. The highest BCUT2D eigenvalue weighted by atomic mass is 19.1. The molecule has 0 radical (unpaired) electrons. The van der Waals surface area contributed by atoms with Crippen LogP contribution in [-0.4, -0.2) is 42.2 Å². The van der Waals surface area contributed by atoms with E-state index in [0.717, 1.165) is 12.1 Å². The predicted octanol–water partition coefficient (Wildman–Crippen LogP) is 1.89. The van der Waals surface area contributed by atoms with Crippen LogP contribution in [0, 0.1) is 5.82 Å². The number of methoxy groups -OCH3 is 1. The van der Waals surface area contributed by atoms with Gasteiger partial charge < -0.3 is 19.9 Å². The number of hydrogen-bond donors (Lipinski definition) is 1. The second kappa shape index (κ2) is 5.05. The van der Waals surface area contributed by atoms with Crippen LogP contribution in [0.15, 0.2) is 12.1 Å². The molecule has 0 fully saturated rings. The quantitative estimate of drug-likeness (QED) is 0.918. The van der Waals surface area contributed by atoms with Gasteiger partial charge in [-0.1, -0.05) is 0 Å². The summed E-state index contributed by atoms with van der Waals surface area (Å²) in [5.74, 6) is 0.155. The summed E-state index contributed by atoms with van der Waals surface area (Å²) in [6.45, 7) is 2.86. The van der Waals surface area contributed by atoms with Crippen LogP contribution in [0.1, 0.15) is 13.0 Å². The fraction of sp³-hybridized carbons (Fsp3) is 0.462. The first-order valence-electron chi connectivity index (χ1n) is 6.09. The second-order valence-corrected chi connectivity index (χ2v) is 4.93. The predicted molar refractivity (Wildman–Crippen MR) is 73.9 cm³/mol. The Labute approximate surface area is 111 Å². The lowest BCUT2D eigenvalue weighted by Gasteiger charge is -2.20. The Hall–Kier alpha value is -1.82. The van der Waals surface area contributed by atoms with Crippen LogP contribution in [-0.2, 0) is 0 Å². The molecule has 1 aromatic carbocycles. The van der Waals surface area contributed by atoms with Crippen LogP contribution < -0.4 is 10.5 Å². The van der Waals surface area contributed by atoms with Crippen molar-refractivity contribution in [3.8, 4) is 5.75 Å². The van der Waals surface area contributed by atoms with E-state index in [4.69, 9.17) is 10.5 Å². The zero-order valence-electron chi connectivity index (χ0n) is 11.6. The summed E-state index contributed by atoms with van der Waals surface area (Å²) in [6, 6.07) is 3.12. The van der Waals surface area contributed by atoms with Crippen LogP contribution >= 0.6 is 0 Å². The molecule has 2 N–H and O–H groups in total. The smallest absolute Gasteiger partial charge is 0.201 e. The second-order valence-electron chi connectivity index (χ2n) is 4.93. The van der Waals surface area contributed by atoms with E-state index in [1.807, 2.05) is 25.6 Å². The summed E-state index contributed by atoms with van der Waals surface area (Å²) in [4.78, 5) is 6.27. The largest absolute Gasteiger partial charge is 0.494 e. The molecule has 2 aromatic rings. The number of likely N-dealkylation sites (N-methyl/N-ethyl adjacent to an activating group) is 1. The Balaban J connectivity index is 2.56. The van der Waals surface area contributed by atoms with Gasteiger partial charge in [0.1, 0.15) is 0 Å². The fourth-order valence-electron chi connectivity index (χ4n) is 2.35. The summed E-state index contributed by atoms with van der Waals surface area (Å²) in [5.41, 5.74) is 7.27. The molecule has 0 amide bonds. The number of benzene rings is 1. The van der Waals surface area contributed by atoms with Crippen molar-refractivity contribution in [3.63, 3.8) is 0 Å². The number of aromatic nitrogens is 2. The number of ether oxygens (including phenoxy) is 1. The number of rotatable bonds is 4. The molecule has 1 atom stereocenters. The third-order valence-electron chi connectivity index (χ3n) is 3.06. The summed E-state index contributed by atoms with van der Waals surface area (Å²) in [7, 11) is 5.43. The molecule has 19 heavy (non-hydrogen) atoms. The molecule has 0 aliphatic heterocycles. The van der Waals surface area contributed by atoms with Crippen LogP contribution in [0.4, 0.5) is 10.3 Å². The van der Waals surface area contributed by atoms with Crippen LogP contribution in [0.25, 0.3) is 11.0 Å². The van der Waals surface area contributed by atoms with Gasteiger partial charge in [0, 0.05) is 24.7 Å². The van der Waals surface area contributed by atoms with Gasteiger partial charge in [0.15, 0.2) is 11.6 Å². The van der Waals surface area contributed by atoms with Crippen molar-refractivity contribution in [2.75, 3.05) is 33.5 Å². The number of nitrogens with zero attached hydrogens (tertiary/aromatic N) is 3. The van der Waals surface area contributed by atoms with E-state index < -0.39 is 5.82 Å². The Morgan fingerprint density at radius 3 is 2.74 bits per heavy atom. The minimum absolute atomic E-state index is 0.134. The van der Waals surface area contributed by atoms with Crippen LogP contribution in [0.5, 0.6) is 5.75 Å². The van der Waals surface area contributed by atoms with Gasteiger partial charge >= 0.3 is 0 Å². The average molecular weight is 266 g/mol. The molecular weight excluding hydrogens is 247 g/mol. The zero-order chi connectivity index (χ0) is 14.2. The lowest BCUT2D eigenvalue weighted by molar-refractivity contribution is 0.342. The number of imidazole rings is 1. The van der Waals surface area contributed by atoms with Gasteiger partial charge in [-0.15, -0.1) is 0 Å². The molecule has 2 rings (SSSR count). The Kier molecular flexibility index (Phi) is 3.61. The van der Waals surface area contributed by atoms with Gasteiger partial charge in [-0.2, -0.15) is 0 Å². The Morgan fingerprint density at radius 2 is 2.16 bits per heavy atom. The van der Waals surface area contributed by atoms with E-state index in [0.29, 0.717) is 11.5 Å². The number of hydrogen-bond acceptors (Lipinski definition) is 4. The molecule has 1 heterocycles. The Morgan fingerprint density at radius 1 is 1.47 bits per heavy atom. The maximum Gasteiger partial charge on any atom is 0.201 e.